The highest BCUT2D eigenvalue weighted by atomic mass is 16.5. The molecule has 0 radical (unpaired) electrons. The van der Waals surface area contributed by atoms with Gasteiger partial charge in [-0.1, -0.05) is 189 Å². The highest BCUT2D eigenvalue weighted by Crippen LogP contribution is 2.62. The Balaban J connectivity index is 1.06. The Hall–Kier alpha value is -7.10. The molecule has 270 valence electrons. The second-order valence-electron chi connectivity index (χ2n) is 15.3. The number of fused-ring (bicyclic) bond motifs is 9. The molecule has 0 bridgehead atoms. The molecule has 1 spiro atoms. The van der Waals surface area contributed by atoms with Crippen molar-refractivity contribution in [1.29, 1.82) is 0 Å². The zero-order valence-electron chi connectivity index (χ0n) is 31.5. The van der Waals surface area contributed by atoms with Crippen molar-refractivity contribution in [3.05, 3.63) is 228 Å². The van der Waals surface area contributed by atoms with E-state index in [0.29, 0.717) is 17.7 Å². The van der Waals surface area contributed by atoms with E-state index < -0.39 is 5.41 Å². The standard InChI is InChI=1S/C54H38N2O/c1-35-15-5-6-18-40(35)36-27-29-37(30-28-36)49-34-50(56-53(55-49)38-16-3-2-4-17-38)44-22-8-7-19-41(44)39-31-32-48-52(33-39)57-51-26-14-13-25-47(51)54(48)45-23-11-9-20-42(45)43-21-10-12-24-46(43)54/h2-35,40H,1H3. The summed E-state index contributed by atoms with van der Waals surface area (Å²) < 4.78 is 6.88. The molecule has 0 saturated carbocycles. The van der Waals surface area contributed by atoms with Gasteiger partial charge in [-0.05, 0) is 63.1 Å². The molecule has 2 unspecified atom stereocenters. The lowest BCUT2D eigenvalue weighted by molar-refractivity contribution is 0.436. The van der Waals surface area contributed by atoms with E-state index in [0.717, 1.165) is 56.3 Å². The molecule has 3 heteroatoms. The van der Waals surface area contributed by atoms with Crippen LogP contribution < -0.4 is 4.74 Å². The van der Waals surface area contributed by atoms with E-state index in [4.69, 9.17) is 14.7 Å². The summed E-state index contributed by atoms with van der Waals surface area (Å²) in [6.45, 7) is 2.28. The molecule has 0 saturated heterocycles. The zero-order chi connectivity index (χ0) is 37.9. The van der Waals surface area contributed by atoms with Gasteiger partial charge in [-0.25, -0.2) is 9.97 Å². The number of aromatic nitrogens is 2. The van der Waals surface area contributed by atoms with Crippen molar-refractivity contribution in [2.45, 2.75) is 18.3 Å². The topological polar surface area (TPSA) is 35.0 Å². The molecule has 3 nitrogen and oxygen atoms in total. The van der Waals surface area contributed by atoms with Gasteiger partial charge < -0.3 is 4.74 Å². The van der Waals surface area contributed by atoms with Crippen molar-refractivity contribution in [1.82, 2.24) is 9.97 Å². The Morgan fingerprint density at radius 1 is 0.439 bits per heavy atom. The monoisotopic (exact) mass is 730 g/mol. The van der Waals surface area contributed by atoms with Gasteiger partial charge in [-0.15, -0.1) is 0 Å². The van der Waals surface area contributed by atoms with E-state index >= 15 is 0 Å². The van der Waals surface area contributed by atoms with E-state index in [-0.39, 0.29) is 0 Å². The Morgan fingerprint density at radius 3 is 1.75 bits per heavy atom. The summed E-state index contributed by atoms with van der Waals surface area (Å²) in [4.78, 5) is 10.4. The maximum Gasteiger partial charge on any atom is 0.160 e. The summed E-state index contributed by atoms with van der Waals surface area (Å²) in [6.07, 6.45) is 8.86. The van der Waals surface area contributed by atoms with Crippen molar-refractivity contribution in [3.63, 3.8) is 0 Å². The van der Waals surface area contributed by atoms with Gasteiger partial charge in [0.2, 0.25) is 0 Å². The molecule has 11 rings (SSSR count). The van der Waals surface area contributed by atoms with Crippen molar-refractivity contribution < 1.29 is 4.74 Å². The number of benzene rings is 7. The lowest BCUT2D eigenvalue weighted by Gasteiger charge is -2.39. The Bertz CT molecular complexity index is 2860. The predicted molar refractivity (Wildman–Crippen MR) is 231 cm³/mol. The Morgan fingerprint density at radius 2 is 1.02 bits per heavy atom. The largest absolute Gasteiger partial charge is 0.457 e. The van der Waals surface area contributed by atoms with Crippen LogP contribution in [0, 0.1) is 5.92 Å². The number of rotatable bonds is 5. The SMILES string of the molecule is CC1C=CC=CC1c1ccc(-c2cc(-c3ccccc3-c3ccc4c(c3)Oc3ccccc3C43c4ccccc4-c4ccccc43)nc(-c3ccccc3)n2)cc1. The first-order valence-electron chi connectivity index (χ1n) is 19.8. The van der Waals surface area contributed by atoms with Crippen molar-refractivity contribution in [2.75, 3.05) is 0 Å². The molecule has 2 aliphatic carbocycles. The first-order chi connectivity index (χ1) is 28.2. The Labute approximate surface area is 333 Å². The molecule has 0 fully saturated rings. The molecule has 1 aliphatic heterocycles. The minimum Gasteiger partial charge on any atom is -0.457 e. The summed E-state index contributed by atoms with van der Waals surface area (Å²) in [5.74, 6) is 3.25. The van der Waals surface area contributed by atoms with E-state index in [1.54, 1.807) is 0 Å². The van der Waals surface area contributed by atoms with Crippen LogP contribution in [0.4, 0.5) is 0 Å². The molecule has 57 heavy (non-hydrogen) atoms. The minimum atomic E-state index is -0.501. The van der Waals surface area contributed by atoms with Gasteiger partial charge in [0.05, 0.1) is 16.8 Å². The van der Waals surface area contributed by atoms with E-state index in [1.807, 2.05) is 18.2 Å². The molecular formula is C54H38N2O. The van der Waals surface area contributed by atoms with Gasteiger partial charge in [0.25, 0.3) is 0 Å². The van der Waals surface area contributed by atoms with Crippen molar-refractivity contribution in [3.8, 4) is 67.7 Å². The van der Waals surface area contributed by atoms with Crippen LogP contribution in [-0.4, -0.2) is 9.97 Å². The molecule has 1 aromatic heterocycles. The normalized spacial score (nSPS) is 16.6. The molecule has 2 heterocycles. The molecule has 8 aromatic rings. The van der Waals surface area contributed by atoms with Gasteiger partial charge in [-0.3, -0.25) is 0 Å². The smallest absolute Gasteiger partial charge is 0.160 e. The second kappa shape index (κ2) is 13.3. The molecule has 3 aliphatic rings. The zero-order valence-corrected chi connectivity index (χ0v) is 31.5. The third-order valence-electron chi connectivity index (χ3n) is 12.1. The molecule has 7 aromatic carbocycles. The summed E-state index contributed by atoms with van der Waals surface area (Å²) in [7, 11) is 0. The van der Waals surface area contributed by atoms with Crippen molar-refractivity contribution >= 4 is 0 Å². The summed E-state index contributed by atoms with van der Waals surface area (Å²) in [6, 6.07) is 62.9. The number of nitrogens with zero attached hydrogens (tertiary/aromatic N) is 2. The second-order valence-corrected chi connectivity index (χ2v) is 15.3. The van der Waals surface area contributed by atoms with E-state index in [9.17, 15) is 0 Å². The van der Waals surface area contributed by atoms with Crippen molar-refractivity contribution in [2.24, 2.45) is 5.92 Å². The number of allylic oxidation sites excluding steroid dienone is 4. The third kappa shape index (κ3) is 5.27. The molecule has 0 N–H and O–H groups in total. The average molecular weight is 731 g/mol. The first kappa shape index (κ1) is 33.3. The average Bonchev–Trinajstić information content (AvgIpc) is 3.57. The van der Waals surface area contributed by atoms with E-state index in [1.165, 1.54) is 33.4 Å². The fourth-order valence-corrected chi connectivity index (χ4v) is 9.45. The highest BCUT2D eigenvalue weighted by molar-refractivity contribution is 5.90. The maximum atomic E-state index is 6.88. The molecular weight excluding hydrogens is 693 g/mol. The fraction of sp³-hybridized carbons (Fsp3) is 0.0741. The van der Waals surface area contributed by atoms with Crippen LogP contribution in [0.1, 0.15) is 40.7 Å². The summed E-state index contributed by atoms with van der Waals surface area (Å²) in [5.41, 5.74) is 15.2. The van der Waals surface area contributed by atoms with Gasteiger partial charge in [0.1, 0.15) is 11.5 Å². The fourth-order valence-electron chi connectivity index (χ4n) is 9.45. The number of ether oxygens (including phenoxy) is 1. The van der Waals surface area contributed by atoms with Crippen LogP contribution in [-0.2, 0) is 5.41 Å². The molecule has 0 amide bonds. The van der Waals surface area contributed by atoms with Crippen LogP contribution in [0.2, 0.25) is 0 Å². The van der Waals surface area contributed by atoms with Gasteiger partial charge in [0, 0.05) is 33.7 Å². The van der Waals surface area contributed by atoms with Crippen LogP contribution in [0.25, 0.3) is 56.2 Å². The molecule has 2 atom stereocenters. The van der Waals surface area contributed by atoms with Crippen LogP contribution in [0.3, 0.4) is 0 Å². The summed E-state index contributed by atoms with van der Waals surface area (Å²) >= 11 is 0. The maximum absolute atomic E-state index is 6.88. The summed E-state index contributed by atoms with van der Waals surface area (Å²) in [5, 5.41) is 0. The van der Waals surface area contributed by atoms with Crippen LogP contribution in [0.5, 0.6) is 11.5 Å². The highest BCUT2D eigenvalue weighted by Gasteiger charge is 2.50. The number of hydrogen-bond acceptors (Lipinski definition) is 3. The lowest BCUT2D eigenvalue weighted by atomic mass is 9.66. The minimum absolute atomic E-state index is 0.360. The third-order valence-corrected chi connectivity index (χ3v) is 12.1. The van der Waals surface area contributed by atoms with Crippen LogP contribution in [0.15, 0.2) is 200 Å². The van der Waals surface area contributed by atoms with Gasteiger partial charge in [-0.2, -0.15) is 0 Å². The first-order valence-corrected chi connectivity index (χ1v) is 19.8. The van der Waals surface area contributed by atoms with Gasteiger partial charge in [0.15, 0.2) is 5.82 Å². The van der Waals surface area contributed by atoms with E-state index in [2.05, 4.69) is 189 Å². The van der Waals surface area contributed by atoms with Crippen LogP contribution >= 0.6 is 0 Å². The quantitative estimate of drug-likeness (QED) is 0.177. The predicted octanol–water partition coefficient (Wildman–Crippen LogP) is 13.5. The lowest BCUT2D eigenvalue weighted by Crippen LogP contribution is -2.32. The Kier molecular flexibility index (Phi) is 7.75. The number of para-hydroxylation sites is 1. The number of hydrogen-bond donors (Lipinski definition) is 0. The van der Waals surface area contributed by atoms with Gasteiger partial charge >= 0.3 is 0 Å².